The van der Waals surface area contributed by atoms with Gasteiger partial charge < -0.3 is 10.6 Å². The number of nitrogens with two attached hydrogens (primary N) is 1. The van der Waals surface area contributed by atoms with Crippen LogP contribution in [0.1, 0.15) is 39.0 Å². The van der Waals surface area contributed by atoms with E-state index in [0.29, 0.717) is 5.41 Å². The minimum Gasteiger partial charge on any atom is -0.330 e. The summed E-state index contributed by atoms with van der Waals surface area (Å²) in [5.74, 6) is 0. The van der Waals surface area contributed by atoms with Gasteiger partial charge in [0.05, 0.1) is 0 Å². The molecular weight excluding hydrogens is 160 g/mol. The van der Waals surface area contributed by atoms with E-state index in [2.05, 4.69) is 18.9 Å². The molecule has 0 bridgehead atoms. The number of rotatable bonds is 7. The van der Waals surface area contributed by atoms with Crippen LogP contribution in [-0.2, 0) is 0 Å². The van der Waals surface area contributed by atoms with Crippen LogP contribution in [0.25, 0.3) is 0 Å². The molecule has 0 heterocycles. The summed E-state index contributed by atoms with van der Waals surface area (Å²) >= 11 is 0. The Morgan fingerprint density at radius 2 is 2.00 bits per heavy atom. The molecule has 0 aromatic carbocycles. The van der Waals surface area contributed by atoms with Crippen molar-refractivity contribution in [2.24, 2.45) is 11.1 Å². The van der Waals surface area contributed by atoms with E-state index in [4.69, 9.17) is 5.73 Å². The molecule has 0 spiro atoms. The van der Waals surface area contributed by atoms with Crippen molar-refractivity contribution >= 4 is 0 Å². The summed E-state index contributed by atoms with van der Waals surface area (Å²) in [6, 6.07) is 0. The van der Waals surface area contributed by atoms with Crippen molar-refractivity contribution in [2.45, 2.75) is 39.0 Å². The number of unbranched alkanes of at least 4 members (excludes halogenated alkanes) is 2. The molecule has 13 heavy (non-hydrogen) atoms. The van der Waals surface area contributed by atoms with Gasteiger partial charge in [-0.15, -0.1) is 0 Å². The van der Waals surface area contributed by atoms with Gasteiger partial charge in [-0.3, -0.25) is 0 Å². The molecule has 0 aromatic heterocycles. The molecule has 1 fully saturated rings. The molecule has 2 nitrogen and oxygen atoms in total. The van der Waals surface area contributed by atoms with Crippen LogP contribution >= 0.6 is 0 Å². The van der Waals surface area contributed by atoms with Crippen molar-refractivity contribution < 1.29 is 0 Å². The van der Waals surface area contributed by atoms with Crippen LogP contribution in [0.5, 0.6) is 0 Å². The van der Waals surface area contributed by atoms with E-state index < -0.39 is 0 Å². The Morgan fingerprint density at radius 1 is 1.31 bits per heavy atom. The van der Waals surface area contributed by atoms with Crippen LogP contribution in [0.15, 0.2) is 0 Å². The molecule has 0 unspecified atom stereocenters. The lowest BCUT2D eigenvalue weighted by Gasteiger charge is -2.22. The predicted molar refractivity (Wildman–Crippen MR) is 57.7 cm³/mol. The van der Waals surface area contributed by atoms with Gasteiger partial charge in [-0.1, -0.05) is 19.8 Å². The fraction of sp³-hybridized carbons (Fsp3) is 1.00. The Balaban J connectivity index is 2.07. The lowest BCUT2D eigenvalue weighted by atomic mass is 10.1. The molecule has 2 heteroatoms. The topological polar surface area (TPSA) is 29.3 Å². The van der Waals surface area contributed by atoms with Crippen LogP contribution in [0, 0.1) is 5.41 Å². The smallest absolute Gasteiger partial charge is 0.00470 e. The van der Waals surface area contributed by atoms with Gasteiger partial charge in [0.25, 0.3) is 0 Å². The van der Waals surface area contributed by atoms with Crippen molar-refractivity contribution in [2.75, 3.05) is 26.7 Å². The van der Waals surface area contributed by atoms with Crippen LogP contribution in [0.4, 0.5) is 0 Å². The monoisotopic (exact) mass is 184 g/mol. The minimum atomic E-state index is 0.515. The molecule has 0 atom stereocenters. The Hall–Kier alpha value is -0.0800. The summed E-state index contributed by atoms with van der Waals surface area (Å²) in [7, 11) is 2.23. The second kappa shape index (κ2) is 4.97. The lowest BCUT2D eigenvalue weighted by molar-refractivity contribution is 0.261. The van der Waals surface area contributed by atoms with Gasteiger partial charge in [-0.2, -0.15) is 0 Å². The molecule has 2 N–H and O–H groups in total. The zero-order valence-corrected chi connectivity index (χ0v) is 9.18. The van der Waals surface area contributed by atoms with E-state index in [9.17, 15) is 0 Å². The molecule has 1 rings (SSSR count). The van der Waals surface area contributed by atoms with Crippen molar-refractivity contribution in [1.29, 1.82) is 0 Å². The molecule has 1 aliphatic rings. The van der Waals surface area contributed by atoms with Gasteiger partial charge in [-0.25, -0.2) is 0 Å². The molecule has 0 radical (unpaired) electrons. The third-order valence-corrected chi connectivity index (χ3v) is 3.14. The van der Waals surface area contributed by atoms with Gasteiger partial charge in [0.15, 0.2) is 0 Å². The summed E-state index contributed by atoms with van der Waals surface area (Å²) in [6.07, 6.45) is 6.72. The SMILES string of the molecule is CCCCCN(C)CC1(CN)CC1. The molecule has 1 saturated carbocycles. The summed E-state index contributed by atoms with van der Waals surface area (Å²) in [5, 5.41) is 0. The number of hydrogen-bond acceptors (Lipinski definition) is 2. The highest BCUT2D eigenvalue weighted by molar-refractivity contribution is 4.95. The van der Waals surface area contributed by atoms with Gasteiger partial charge in [0.1, 0.15) is 0 Å². The van der Waals surface area contributed by atoms with Gasteiger partial charge in [0.2, 0.25) is 0 Å². The number of hydrogen-bond donors (Lipinski definition) is 1. The zero-order valence-electron chi connectivity index (χ0n) is 9.18. The highest BCUT2D eigenvalue weighted by Gasteiger charge is 2.41. The second-order valence-corrected chi connectivity index (χ2v) is 4.65. The third-order valence-electron chi connectivity index (χ3n) is 3.14. The average Bonchev–Trinajstić information content (AvgIpc) is 2.86. The van der Waals surface area contributed by atoms with Crippen LogP contribution in [0.2, 0.25) is 0 Å². The molecule has 78 valence electrons. The van der Waals surface area contributed by atoms with E-state index >= 15 is 0 Å². The quantitative estimate of drug-likeness (QED) is 0.612. The highest BCUT2D eigenvalue weighted by atomic mass is 15.1. The van der Waals surface area contributed by atoms with Crippen molar-refractivity contribution in [3.05, 3.63) is 0 Å². The maximum absolute atomic E-state index is 5.75. The molecule has 0 aliphatic heterocycles. The molecule has 1 aliphatic carbocycles. The van der Waals surface area contributed by atoms with Gasteiger partial charge in [-0.05, 0) is 44.8 Å². The maximum Gasteiger partial charge on any atom is 0.00470 e. The number of nitrogens with zero attached hydrogens (tertiary/aromatic N) is 1. The largest absolute Gasteiger partial charge is 0.330 e. The Labute approximate surface area is 82.5 Å². The van der Waals surface area contributed by atoms with Gasteiger partial charge in [0, 0.05) is 6.54 Å². The van der Waals surface area contributed by atoms with Crippen LogP contribution < -0.4 is 5.73 Å². The Kier molecular flexibility index (Phi) is 4.20. The summed E-state index contributed by atoms with van der Waals surface area (Å²) < 4.78 is 0. The standard InChI is InChI=1S/C11H24N2/c1-3-4-5-8-13(2)10-11(9-12)6-7-11/h3-10,12H2,1-2H3. The van der Waals surface area contributed by atoms with Crippen molar-refractivity contribution in [1.82, 2.24) is 4.90 Å². The Bertz CT molecular complexity index is 141. The average molecular weight is 184 g/mol. The lowest BCUT2D eigenvalue weighted by Crippen LogP contribution is -2.32. The van der Waals surface area contributed by atoms with E-state index in [0.717, 1.165) is 6.54 Å². The molecule has 0 saturated heterocycles. The van der Waals surface area contributed by atoms with Gasteiger partial charge >= 0.3 is 0 Å². The summed E-state index contributed by atoms with van der Waals surface area (Å²) in [4.78, 5) is 2.45. The second-order valence-electron chi connectivity index (χ2n) is 4.65. The molecule has 0 aromatic rings. The first kappa shape index (κ1) is 11.0. The van der Waals surface area contributed by atoms with Crippen molar-refractivity contribution in [3.63, 3.8) is 0 Å². The predicted octanol–water partition coefficient (Wildman–Crippen LogP) is 1.85. The molecular formula is C11H24N2. The fourth-order valence-electron chi connectivity index (χ4n) is 1.89. The van der Waals surface area contributed by atoms with E-state index in [1.165, 1.54) is 45.2 Å². The maximum atomic E-state index is 5.75. The normalized spacial score (nSPS) is 19.4. The first-order valence-corrected chi connectivity index (χ1v) is 5.61. The van der Waals surface area contributed by atoms with Crippen LogP contribution in [0.3, 0.4) is 0 Å². The first-order chi connectivity index (χ1) is 6.22. The minimum absolute atomic E-state index is 0.515. The third kappa shape index (κ3) is 3.65. The van der Waals surface area contributed by atoms with Crippen molar-refractivity contribution in [3.8, 4) is 0 Å². The summed E-state index contributed by atoms with van der Waals surface area (Å²) in [6.45, 7) is 5.59. The van der Waals surface area contributed by atoms with E-state index in [1.807, 2.05) is 0 Å². The highest BCUT2D eigenvalue weighted by Crippen LogP contribution is 2.44. The van der Waals surface area contributed by atoms with Crippen LogP contribution in [-0.4, -0.2) is 31.6 Å². The van der Waals surface area contributed by atoms with E-state index in [-0.39, 0.29) is 0 Å². The van der Waals surface area contributed by atoms with E-state index in [1.54, 1.807) is 0 Å². The zero-order chi connectivity index (χ0) is 9.73. The Morgan fingerprint density at radius 3 is 2.46 bits per heavy atom. The summed E-state index contributed by atoms with van der Waals surface area (Å²) in [5.41, 5.74) is 6.26. The fourth-order valence-corrected chi connectivity index (χ4v) is 1.89. The molecule has 0 amide bonds. The first-order valence-electron chi connectivity index (χ1n) is 5.61.